The van der Waals surface area contributed by atoms with Gasteiger partial charge in [-0.2, -0.15) is 11.3 Å². The molecule has 1 aliphatic heterocycles. The summed E-state index contributed by atoms with van der Waals surface area (Å²) in [6, 6.07) is 5.82. The molecule has 4 rings (SSSR count). The highest BCUT2D eigenvalue weighted by Crippen LogP contribution is 2.29. The molecule has 6 nitrogen and oxygen atoms in total. The van der Waals surface area contributed by atoms with E-state index in [-0.39, 0.29) is 5.91 Å². The number of rotatable bonds is 4. The van der Waals surface area contributed by atoms with Crippen molar-refractivity contribution >= 4 is 40.1 Å². The van der Waals surface area contributed by atoms with Gasteiger partial charge in [-0.15, -0.1) is 11.3 Å². The zero-order valence-corrected chi connectivity index (χ0v) is 15.9. The molecule has 1 saturated heterocycles. The molecule has 1 amide bonds. The topological polar surface area (TPSA) is 67.4 Å². The van der Waals surface area contributed by atoms with Crippen LogP contribution in [0.2, 0.25) is 0 Å². The third-order valence-electron chi connectivity index (χ3n) is 4.14. The molecule has 0 aliphatic carbocycles. The number of morpholine rings is 1. The summed E-state index contributed by atoms with van der Waals surface area (Å²) in [6.45, 7) is 5.04. The molecule has 8 heteroatoms. The highest BCUT2D eigenvalue weighted by molar-refractivity contribution is 7.17. The van der Waals surface area contributed by atoms with Gasteiger partial charge < -0.3 is 15.0 Å². The fourth-order valence-corrected chi connectivity index (χ4v) is 4.43. The van der Waals surface area contributed by atoms with Crippen LogP contribution in [0, 0.1) is 6.92 Å². The fourth-order valence-electron chi connectivity index (χ4n) is 2.76. The summed E-state index contributed by atoms with van der Waals surface area (Å²) in [4.78, 5) is 24.3. The summed E-state index contributed by atoms with van der Waals surface area (Å²) >= 11 is 3.02. The van der Waals surface area contributed by atoms with E-state index in [1.165, 1.54) is 11.3 Å². The lowest BCUT2D eigenvalue weighted by molar-refractivity contribution is 0.102. The van der Waals surface area contributed by atoms with Crippen LogP contribution in [-0.4, -0.2) is 42.2 Å². The molecule has 1 N–H and O–H groups in total. The Bertz CT molecular complexity index is 885. The number of amides is 1. The number of hydrogen-bond acceptors (Lipinski definition) is 7. The van der Waals surface area contributed by atoms with Crippen molar-refractivity contribution in [2.75, 3.05) is 36.5 Å². The quantitative estimate of drug-likeness (QED) is 0.741. The second-order valence-corrected chi connectivity index (χ2v) is 7.68. The van der Waals surface area contributed by atoms with Gasteiger partial charge in [0.15, 0.2) is 0 Å². The Balaban J connectivity index is 1.46. The predicted octanol–water partition coefficient (Wildman–Crippen LogP) is 3.66. The van der Waals surface area contributed by atoms with Gasteiger partial charge in [0, 0.05) is 24.0 Å². The minimum absolute atomic E-state index is 0.173. The van der Waals surface area contributed by atoms with Gasteiger partial charge >= 0.3 is 0 Å². The first-order chi connectivity index (χ1) is 12.7. The van der Waals surface area contributed by atoms with Gasteiger partial charge in [-0.1, -0.05) is 0 Å². The first-order valence-corrected chi connectivity index (χ1v) is 10.1. The van der Waals surface area contributed by atoms with Crippen molar-refractivity contribution in [1.82, 2.24) is 9.97 Å². The summed E-state index contributed by atoms with van der Waals surface area (Å²) in [7, 11) is 0. The van der Waals surface area contributed by atoms with E-state index in [9.17, 15) is 4.79 Å². The molecule has 1 fully saturated rings. The van der Waals surface area contributed by atoms with Crippen LogP contribution in [0.5, 0.6) is 0 Å². The number of nitrogens with zero attached hydrogens (tertiary/aromatic N) is 3. The number of thiazole rings is 1. The van der Waals surface area contributed by atoms with Gasteiger partial charge in [0.2, 0.25) is 0 Å². The van der Waals surface area contributed by atoms with Gasteiger partial charge in [0.1, 0.15) is 15.7 Å². The van der Waals surface area contributed by atoms with Crippen LogP contribution in [0.25, 0.3) is 10.6 Å². The van der Waals surface area contributed by atoms with E-state index in [0.29, 0.717) is 10.7 Å². The van der Waals surface area contributed by atoms with Crippen LogP contribution in [0.3, 0.4) is 0 Å². The summed E-state index contributed by atoms with van der Waals surface area (Å²) in [6.07, 6.45) is 1.79. The number of anilines is 2. The molecule has 0 spiro atoms. The first kappa shape index (κ1) is 17.1. The molecular formula is C18H18N4O2S2. The number of hydrogen-bond donors (Lipinski definition) is 1. The molecule has 0 bridgehead atoms. The van der Waals surface area contributed by atoms with Crippen molar-refractivity contribution in [3.05, 3.63) is 45.7 Å². The number of carbonyl (C=O) groups is 1. The average Bonchev–Trinajstić information content (AvgIpc) is 3.32. The van der Waals surface area contributed by atoms with Crippen molar-refractivity contribution in [3.8, 4) is 10.6 Å². The zero-order chi connectivity index (χ0) is 17.9. The number of pyridine rings is 1. The Morgan fingerprint density at radius 2 is 2.12 bits per heavy atom. The Kier molecular flexibility index (Phi) is 4.96. The maximum absolute atomic E-state index is 12.6. The van der Waals surface area contributed by atoms with Crippen LogP contribution in [0.15, 0.2) is 35.2 Å². The standard InChI is InChI=1S/C18H18N4O2S2/c1-12-16(26-18(20-12)13-4-9-25-11-13)17(23)21-15-3-2-14(10-19-15)22-5-7-24-8-6-22/h2-4,9-11H,5-8H2,1H3,(H,19,21,23). The molecule has 0 radical (unpaired) electrons. The van der Waals surface area contributed by atoms with Gasteiger partial charge in [-0.3, -0.25) is 4.79 Å². The first-order valence-electron chi connectivity index (χ1n) is 8.31. The molecule has 1 aliphatic rings. The normalized spacial score (nSPS) is 14.4. The highest BCUT2D eigenvalue weighted by atomic mass is 32.1. The van der Waals surface area contributed by atoms with Crippen molar-refractivity contribution in [3.63, 3.8) is 0 Å². The van der Waals surface area contributed by atoms with E-state index >= 15 is 0 Å². The molecular weight excluding hydrogens is 368 g/mol. The van der Waals surface area contributed by atoms with E-state index in [1.54, 1.807) is 17.5 Å². The summed E-state index contributed by atoms with van der Waals surface area (Å²) < 4.78 is 5.36. The van der Waals surface area contributed by atoms with Gasteiger partial charge in [-0.25, -0.2) is 9.97 Å². The monoisotopic (exact) mass is 386 g/mol. The Labute approximate surface area is 159 Å². The molecule has 4 heterocycles. The largest absolute Gasteiger partial charge is 0.378 e. The molecule has 0 unspecified atom stereocenters. The van der Waals surface area contributed by atoms with Crippen molar-refractivity contribution < 1.29 is 9.53 Å². The maximum Gasteiger partial charge on any atom is 0.268 e. The number of aromatic nitrogens is 2. The van der Waals surface area contributed by atoms with Crippen LogP contribution >= 0.6 is 22.7 Å². The Morgan fingerprint density at radius 3 is 2.81 bits per heavy atom. The Morgan fingerprint density at radius 1 is 1.27 bits per heavy atom. The SMILES string of the molecule is Cc1nc(-c2ccsc2)sc1C(=O)Nc1ccc(N2CCOCC2)cn1. The minimum Gasteiger partial charge on any atom is -0.378 e. The number of nitrogens with one attached hydrogen (secondary N) is 1. The lowest BCUT2D eigenvalue weighted by atomic mass is 10.3. The van der Waals surface area contributed by atoms with Gasteiger partial charge in [0.25, 0.3) is 5.91 Å². The Hall–Kier alpha value is -2.29. The van der Waals surface area contributed by atoms with E-state index in [2.05, 4.69) is 20.2 Å². The molecule has 0 saturated carbocycles. The van der Waals surface area contributed by atoms with E-state index in [1.807, 2.05) is 35.9 Å². The van der Waals surface area contributed by atoms with Crippen LogP contribution in [-0.2, 0) is 4.74 Å². The van der Waals surface area contributed by atoms with Crippen LogP contribution in [0.1, 0.15) is 15.4 Å². The van der Waals surface area contributed by atoms with Crippen molar-refractivity contribution in [1.29, 1.82) is 0 Å². The highest BCUT2D eigenvalue weighted by Gasteiger charge is 2.17. The van der Waals surface area contributed by atoms with Crippen molar-refractivity contribution in [2.24, 2.45) is 0 Å². The minimum atomic E-state index is -0.173. The molecule has 0 atom stereocenters. The average molecular weight is 387 g/mol. The fraction of sp³-hybridized carbons (Fsp3) is 0.278. The molecule has 134 valence electrons. The second kappa shape index (κ2) is 7.53. The lowest BCUT2D eigenvalue weighted by Crippen LogP contribution is -2.36. The number of carbonyl (C=O) groups excluding carboxylic acids is 1. The zero-order valence-electron chi connectivity index (χ0n) is 14.3. The van der Waals surface area contributed by atoms with Gasteiger partial charge in [-0.05, 0) is 30.5 Å². The summed E-state index contributed by atoms with van der Waals surface area (Å²) in [5, 5.41) is 7.77. The third kappa shape index (κ3) is 3.62. The van der Waals surface area contributed by atoms with Crippen LogP contribution in [0.4, 0.5) is 11.5 Å². The molecule has 3 aromatic rings. The molecule has 26 heavy (non-hydrogen) atoms. The van der Waals surface area contributed by atoms with E-state index < -0.39 is 0 Å². The summed E-state index contributed by atoms with van der Waals surface area (Å²) in [5.41, 5.74) is 2.83. The van der Waals surface area contributed by atoms with E-state index in [0.717, 1.165) is 48.3 Å². The molecule has 3 aromatic heterocycles. The smallest absolute Gasteiger partial charge is 0.268 e. The third-order valence-corrected chi connectivity index (χ3v) is 6.03. The summed E-state index contributed by atoms with van der Waals surface area (Å²) in [5.74, 6) is 0.366. The van der Waals surface area contributed by atoms with Crippen molar-refractivity contribution in [2.45, 2.75) is 6.92 Å². The van der Waals surface area contributed by atoms with E-state index in [4.69, 9.17) is 4.74 Å². The number of aryl methyl sites for hydroxylation is 1. The van der Waals surface area contributed by atoms with Gasteiger partial charge in [0.05, 0.1) is 30.8 Å². The number of ether oxygens (including phenoxy) is 1. The van der Waals surface area contributed by atoms with Crippen LogP contribution < -0.4 is 10.2 Å². The second-order valence-electron chi connectivity index (χ2n) is 5.90. The predicted molar refractivity (Wildman–Crippen MR) is 105 cm³/mol. The maximum atomic E-state index is 12.6. The lowest BCUT2D eigenvalue weighted by Gasteiger charge is -2.28. The number of thiophene rings is 1. The molecule has 0 aromatic carbocycles.